The van der Waals surface area contributed by atoms with Gasteiger partial charge in [0, 0.05) is 17.8 Å². The second-order valence-corrected chi connectivity index (χ2v) is 8.17. The molecule has 2 aromatic rings. The fraction of sp³-hybridized carbons (Fsp3) is 0.348. The van der Waals surface area contributed by atoms with Gasteiger partial charge in [-0.2, -0.15) is 0 Å². The van der Waals surface area contributed by atoms with Gasteiger partial charge in [-0.05, 0) is 49.7 Å². The van der Waals surface area contributed by atoms with E-state index in [0.29, 0.717) is 11.4 Å². The largest absolute Gasteiger partial charge is 0.497 e. The van der Waals surface area contributed by atoms with Crippen molar-refractivity contribution in [2.45, 2.75) is 32.7 Å². The zero-order valence-electron chi connectivity index (χ0n) is 18.2. The van der Waals surface area contributed by atoms with E-state index in [2.05, 4.69) is 26.6 Å². The molecule has 2 fully saturated rings. The van der Waals surface area contributed by atoms with Gasteiger partial charge < -0.3 is 26.0 Å². The van der Waals surface area contributed by atoms with Crippen LogP contribution in [-0.2, 0) is 14.4 Å². The molecule has 2 aliphatic rings. The number of aryl methyl sites for hydroxylation is 2. The lowest BCUT2D eigenvalue weighted by atomic mass is 9.81. The first kappa shape index (κ1) is 21.6. The molecule has 0 aromatic heterocycles. The molecule has 0 aliphatic carbocycles. The van der Waals surface area contributed by atoms with E-state index in [9.17, 15) is 14.4 Å². The lowest BCUT2D eigenvalue weighted by Crippen LogP contribution is -2.72. The maximum absolute atomic E-state index is 13.1. The summed E-state index contributed by atoms with van der Waals surface area (Å²) in [6.07, 6.45) is -1.34. The molecule has 2 heterocycles. The minimum atomic E-state index is -0.788. The van der Waals surface area contributed by atoms with Crippen LogP contribution in [-0.4, -0.2) is 37.3 Å². The molecule has 4 unspecified atom stereocenters. The molecule has 0 radical (unpaired) electrons. The number of fused-ring (bicyclic) bond motifs is 1. The summed E-state index contributed by atoms with van der Waals surface area (Å²) in [5.41, 5.74) is 3.44. The molecule has 4 atom stereocenters. The van der Waals surface area contributed by atoms with E-state index in [1.807, 2.05) is 44.2 Å². The van der Waals surface area contributed by atoms with Crippen molar-refractivity contribution in [3.8, 4) is 5.75 Å². The third-order valence-electron chi connectivity index (χ3n) is 5.83. The van der Waals surface area contributed by atoms with Crippen LogP contribution in [0, 0.1) is 25.7 Å². The van der Waals surface area contributed by atoms with E-state index < -0.39 is 24.3 Å². The molecule has 32 heavy (non-hydrogen) atoms. The first-order valence-electron chi connectivity index (χ1n) is 10.5. The van der Waals surface area contributed by atoms with Gasteiger partial charge in [0.05, 0.1) is 25.1 Å². The van der Waals surface area contributed by atoms with Crippen molar-refractivity contribution in [3.05, 3.63) is 53.6 Å². The number of piperidine rings is 1. The molecule has 0 spiro atoms. The Kier molecular flexibility index (Phi) is 6.00. The summed E-state index contributed by atoms with van der Waals surface area (Å²) >= 11 is 0. The smallest absolute Gasteiger partial charge is 0.229 e. The zero-order valence-corrected chi connectivity index (χ0v) is 18.2. The number of methoxy groups -OCH3 is 1. The fourth-order valence-corrected chi connectivity index (χ4v) is 4.19. The molecular weight excluding hydrogens is 410 g/mol. The number of hydrogen-bond acceptors (Lipinski definition) is 6. The summed E-state index contributed by atoms with van der Waals surface area (Å²) in [6.45, 7) is 3.88. The highest BCUT2D eigenvalue weighted by Gasteiger charge is 2.48. The van der Waals surface area contributed by atoms with Crippen LogP contribution in [0.1, 0.15) is 17.5 Å². The van der Waals surface area contributed by atoms with Crippen molar-refractivity contribution in [2.24, 2.45) is 11.8 Å². The second kappa shape index (κ2) is 8.88. The molecule has 5 N–H and O–H groups in total. The second-order valence-electron chi connectivity index (χ2n) is 8.17. The van der Waals surface area contributed by atoms with Crippen molar-refractivity contribution in [1.29, 1.82) is 0 Å². The number of rotatable bonds is 5. The highest BCUT2D eigenvalue weighted by molar-refractivity contribution is 6.00. The number of carbonyl (C=O) groups excluding carboxylic acids is 3. The summed E-state index contributed by atoms with van der Waals surface area (Å²) in [6, 6.07) is 12.9. The molecule has 2 saturated heterocycles. The predicted molar refractivity (Wildman–Crippen MR) is 120 cm³/mol. The van der Waals surface area contributed by atoms with Gasteiger partial charge in [0.2, 0.25) is 17.7 Å². The van der Waals surface area contributed by atoms with Gasteiger partial charge in [0.1, 0.15) is 5.75 Å². The molecule has 2 aromatic carbocycles. The minimum absolute atomic E-state index is 0.0520. The zero-order chi connectivity index (χ0) is 22.8. The van der Waals surface area contributed by atoms with Gasteiger partial charge in [0.15, 0.2) is 6.29 Å². The van der Waals surface area contributed by atoms with E-state index in [1.165, 1.54) is 0 Å². The van der Waals surface area contributed by atoms with Crippen molar-refractivity contribution < 1.29 is 19.1 Å². The molecule has 3 amide bonds. The number of ether oxygens (including phenoxy) is 1. The molecule has 0 saturated carbocycles. The Balaban J connectivity index is 1.47. The molecule has 0 bridgehead atoms. The van der Waals surface area contributed by atoms with Crippen LogP contribution < -0.4 is 31.3 Å². The van der Waals surface area contributed by atoms with E-state index in [0.717, 1.165) is 16.8 Å². The van der Waals surface area contributed by atoms with Crippen molar-refractivity contribution in [1.82, 2.24) is 16.0 Å². The van der Waals surface area contributed by atoms with Gasteiger partial charge >= 0.3 is 0 Å². The first-order chi connectivity index (χ1) is 15.3. The Morgan fingerprint density at radius 2 is 1.81 bits per heavy atom. The van der Waals surface area contributed by atoms with Gasteiger partial charge in [-0.3, -0.25) is 19.7 Å². The Morgan fingerprint density at radius 3 is 2.50 bits per heavy atom. The van der Waals surface area contributed by atoms with E-state index in [1.54, 1.807) is 19.2 Å². The Bertz CT molecular complexity index is 1040. The van der Waals surface area contributed by atoms with Crippen LogP contribution in [0.4, 0.5) is 11.4 Å². The molecule has 9 heteroatoms. The number of benzene rings is 2. The quantitative estimate of drug-likeness (QED) is 0.483. The number of carbonyl (C=O) groups is 3. The van der Waals surface area contributed by atoms with Gasteiger partial charge in [-0.1, -0.05) is 17.7 Å². The van der Waals surface area contributed by atoms with Crippen LogP contribution in [0.15, 0.2) is 42.5 Å². The van der Waals surface area contributed by atoms with Crippen molar-refractivity contribution >= 4 is 29.1 Å². The van der Waals surface area contributed by atoms with Crippen LogP contribution in [0.25, 0.3) is 0 Å². The van der Waals surface area contributed by atoms with E-state index in [4.69, 9.17) is 4.74 Å². The average molecular weight is 438 g/mol. The Labute approximate surface area is 186 Å². The van der Waals surface area contributed by atoms with Crippen LogP contribution in [0.5, 0.6) is 5.75 Å². The summed E-state index contributed by atoms with van der Waals surface area (Å²) < 4.78 is 5.15. The molecule has 168 valence electrons. The average Bonchev–Trinajstić information content (AvgIpc) is 2.75. The molecule has 9 nitrogen and oxygen atoms in total. The van der Waals surface area contributed by atoms with Gasteiger partial charge in [0.25, 0.3) is 0 Å². The topological polar surface area (TPSA) is 121 Å². The van der Waals surface area contributed by atoms with Gasteiger partial charge in [-0.15, -0.1) is 0 Å². The highest BCUT2D eigenvalue weighted by Crippen LogP contribution is 2.29. The molecule has 2 aliphatic heterocycles. The summed E-state index contributed by atoms with van der Waals surface area (Å²) in [5.74, 6) is -1.73. The van der Waals surface area contributed by atoms with Crippen LogP contribution >= 0.6 is 0 Å². The predicted octanol–water partition coefficient (Wildman–Crippen LogP) is 1.44. The number of amides is 3. The minimum Gasteiger partial charge on any atom is -0.497 e. The van der Waals surface area contributed by atoms with Crippen molar-refractivity contribution in [2.75, 3.05) is 17.7 Å². The first-order valence-corrected chi connectivity index (χ1v) is 10.5. The lowest BCUT2D eigenvalue weighted by Gasteiger charge is -2.43. The standard InChI is InChI=1S/C23H27N5O4/c1-12-4-9-17(13(2)10-12)25-21(30)16-11-18(29)26-20-19(16)22(31)28-23(27-20)24-14-5-7-15(32-3)8-6-14/h4-10,16,19-20,23-24,27H,11H2,1-3H3,(H,25,30)(H,26,29)(H,28,31). The number of hydrogen-bond donors (Lipinski definition) is 5. The van der Waals surface area contributed by atoms with Crippen molar-refractivity contribution in [3.63, 3.8) is 0 Å². The normalized spacial score (nSPS) is 24.6. The summed E-state index contributed by atoms with van der Waals surface area (Å²) in [4.78, 5) is 38.4. The van der Waals surface area contributed by atoms with E-state index in [-0.39, 0.29) is 24.1 Å². The van der Waals surface area contributed by atoms with Crippen LogP contribution in [0.2, 0.25) is 0 Å². The Hall–Kier alpha value is -3.59. The SMILES string of the molecule is COc1ccc(NC2NC(=O)C3C(NC(=O)CC3C(=O)Nc3ccc(C)cc3C)N2)cc1. The third-order valence-corrected chi connectivity index (χ3v) is 5.83. The monoisotopic (exact) mass is 437 g/mol. The lowest BCUT2D eigenvalue weighted by molar-refractivity contribution is -0.144. The molecule has 4 rings (SSSR count). The summed E-state index contributed by atoms with van der Waals surface area (Å²) in [7, 11) is 1.59. The molecular formula is C23H27N5O4. The maximum Gasteiger partial charge on any atom is 0.229 e. The number of anilines is 2. The third kappa shape index (κ3) is 4.52. The summed E-state index contributed by atoms with van der Waals surface area (Å²) in [5, 5.41) is 14.9. The maximum atomic E-state index is 13.1. The van der Waals surface area contributed by atoms with E-state index >= 15 is 0 Å². The fourth-order valence-electron chi connectivity index (χ4n) is 4.19. The van der Waals surface area contributed by atoms with Gasteiger partial charge in [-0.25, -0.2) is 0 Å². The number of nitrogens with one attached hydrogen (secondary N) is 5. The van der Waals surface area contributed by atoms with Crippen LogP contribution in [0.3, 0.4) is 0 Å². The Morgan fingerprint density at radius 1 is 1.06 bits per heavy atom. The highest BCUT2D eigenvalue weighted by atomic mass is 16.5.